The SMILES string of the molecule is CNC(=O)[C@H](C)Oc1ccc(C(=O)c2ccc(F)cc2)cc1. The number of likely N-dealkylation sites (N-methyl/N-ethyl adjacent to an activating group) is 1. The van der Waals surface area contributed by atoms with E-state index in [2.05, 4.69) is 5.32 Å². The zero-order valence-electron chi connectivity index (χ0n) is 12.3. The van der Waals surface area contributed by atoms with E-state index >= 15 is 0 Å². The highest BCUT2D eigenvalue weighted by Crippen LogP contribution is 2.17. The first-order valence-electron chi connectivity index (χ1n) is 6.80. The minimum atomic E-state index is -0.622. The van der Waals surface area contributed by atoms with Crippen LogP contribution < -0.4 is 10.1 Å². The Kier molecular flexibility index (Phi) is 4.88. The number of ketones is 1. The van der Waals surface area contributed by atoms with Gasteiger partial charge in [-0.1, -0.05) is 0 Å². The summed E-state index contributed by atoms with van der Waals surface area (Å²) in [4.78, 5) is 23.6. The Morgan fingerprint density at radius 1 is 1.00 bits per heavy atom. The zero-order valence-corrected chi connectivity index (χ0v) is 12.3. The molecule has 0 radical (unpaired) electrons. The molecule has 0 saturated heterocycles. The van der Waals surface area contributed by atoms with Gasteiger partial charge in [0.2, 0.25) is 0 Å². The zero-order chi connectivity index (χ0) is 16.1. The second kappa shape index (κ2) is 6.85. The Morgan fingerprint density at radius 2 is 1.50 bits per heavy atom. The van der Waals surface area contributed by atoms with E-state index in [-0.39, 0.29) is 17.5 Å². The topological polar surface area (TPSA) is 55.4 Å². The molecule has 0 bridgehead atoms. The molecular formula is C17H16FNO3. The lowest BCUT2D eigenvalue weighted by Crippen LogP contribution is -2.33. The summed E-state index contributed by atoms with van der Waals surface area (Å²) < 4.78 is 18.3. The van der Waals surface area contributed by atoms with Crippen LogP contribution in [0.5, 0.6) is 5.75 Å². The van der Waals surface area contributed by atoms with E-state index in [4.69, 9.17) is 4.74 Å². The van der Waals surface area contributed by atoms with Crippen LogP contribution in [0.3, 0.4) is 0 Å². The van der Waals surface area contributed by atoms with Crippen molar-refractivity contribution in [2.75, 3.05) is 7.05 Å². The molecule has 5 heteroatoms. The molecule has 2 aromatic rings. The van der Waals surface area contributed by atoms with Crippen molar-refractivity contribution in [1.82, 2.24) is 5.32 Å². The summed E-state index contributed by atoms with van der Waals surface area (Å²) in [5.74, 6) is -0.326. The third kappa shape index (κ3) is 3.69. The largest absolute Gasteiger partial charge is 0.481 e. The van der Waals surface area contributed by atoms with Crippen LogP contribution in [0.2, 0.25) is 0 Å². The van der Waals surface area contributed by atoms with Gasteiger partial charge in [0.25, 0.3) is 5.91 Å². The molecule has 0 spiro atoms. The van der Waals surface area contributed by atoms with Crippen molar-refractivity contribution in [2.45, 2.75) is 13.0 Å². The molecule has 4 nitrogen and oxygen atoms in total. The first-order valence-corrected chi connectivity index (χ1v) is 6.80. The molecule has 2 aromatic carbocycles. The van der Waals surface area contributed by atoms with E-state index in [0.717, 1.165) is 0 Å². The van der Waals surface area contributed by atoms with Gasteiger partial charge in [0.15, 0.2) is 11.9 Å². The maximum atomic E-state index is 12.9. The van der Waals surface area contributed by atoms with Crippen LogP contribution in [0.15, 0.2) is 48.5 Å². The smallest absolute Gasteiger partial charge is 0.260 e. The Hall–Kier alpha value is -2.69. The van der Waals surface area contributed by atoms with E-state index in [9.17, 15) is 14.0 Å². The molecule has 1 N–H and O–H groups in total. The number of benzene rings is 2. The van der Waals surface area contributed by atoms with E-state index < -0.39 is 6.10 Å². The molecule has 1 amide bonds. The maximum Gasteiger partial charge on any atom is 0.260 e. The van der Waals surface area contributed by atoms with Gasteiger partial charge >= 0.3 is 0 Å². The van der Waals surface area contributed by atoms with Crippen molar-refractivity contribution >= 4 is 11.7 Å². The Labute approximate surface area is 127 Å². The molecule has 0 aliphatic carbocycles. The van der Waals surface area contributed by atoms with Gasteiger partial charge in [0.05, 0.1) is 0 Å². The first kappa shape index (κ1) is 15.7. The molecule has 114 valence electrons. The molecule has 0 heterocycles. The van der Waals surface area contributed by atoms with Crippen molar-refractivity contribution in [3.8, 4) is 5.75 Å². The first-order chi connectivity index (χ1) is 10.5. The molecule has 0 aromatic heterocycles. The Morgan fingerprint density at radius 3 is 2.00 bits per heavy atom. The Balaban J connectivity index is 2.10. The van der Waals surface area contributed by atoms with Crippen LogP contribution in [-0.2, 0) is 4.79 Å². The minimum Gasteiger partial charge on any atom is -0.481 e. The summed E-state index contributed by atoms with van der Waals surface area (Å²) in [5, 5.41) is 2.49. The van der Waals surface area contributed by atoms with Gasteiger partial charge < -0.3 is 10.1 Å². The van der Waals surface area contributed by atoms with Crippen LogP contribution in [0, 0.1) is 5.82 Å². The van der Waals surface area contributed by atoms with Crippen molar-refractivity contribution < 1.29 is 18.7 Å². The number of nitrogens with one attached hydrogen (secondary N) is 1. The maximum absolute atomic E-state index is 12.9. The molecule has 0 fully saturated rings. The molecular weight excluding hydrogens is 285 g/mol. The van der Waals surface area contributed by atoms with Gasteiger partial charge in [-0.25, -0.2) is 4.39 Å². The van der Waals surface area contributed by atoms with E-state index in [1.165, 1.54) is 31.3 Å². The van der Waals surface area contributed by atoms with Crippen LogP contribution >= 0.6 is 0 Å². The van der Waals surface area contributed by atoms with Crippen LogP contribution in [-0.4, -0.2) is 24.8 Å². The lowest BCUT2D eigenvalue weighted by Gasteiger charge is -2.13. The third-order valence-corrected chi connectivity index (χ3v) is 3.15. The summed E-state index contributed by atoms with van der Waals surface area (Å²) in [6, 6.07) is 11.8. The van der Waals surface area contributed by atoms with Crippen LogP contribution in [0.25, 0.3) is 0 Å². The fourth-order valence-corrected chi connectivity index (χ4v) is 1.91. The number of carbonyl (C=O) groups excluding carboxylic acids is 2. The molecule has 0 unspecified atom stereocenters. The summed E-state index contributed by atoms with van der Waals surface area (Å²) >= 11 is 0. The van der Waals surface area contributed by atoms with Crippen molar-refractivity contribution in [3.05, 3.63) is 65.5 Å². The molecule has 2 rings (SSSR count). The van der Waals surface area contributed by atoms with Gasteiger partial charge in [0.1, 0.15) is 11.6 Å². The monoisotopic (exact) mass is 301 g/mol. The number of hydrogen-bond donors (Lipinski definition) is 1. The molecule has 1 atom stereocenters. The second-order valence-electron chi connectivity index (χ2n) is 4.73. The third-order valence-electron chi connectivity index (χ3n) is 3.15. The van der Waals surface area contributed by atoms with Gasteiger partial charge in [-0.2, -0.15) is 0 Å². The van der Waals surface area contributed by atoms with E-state index in [0.29, 0.717) is 16.9 Å². The fraction of sp³-hybridized carbons (Fsp3) is 0.176. The van der Waals surface area contributed by atoms with Crippen LogP contribution in [0.4, 0.5) is 4.39 Å². The summed E-state index contributed by atoms with van der Waals surface area (Å²) in [5.41, 5.74) is 0.875. The lowest BCUT2D eigenvalue weighted by atomic mass is 10.0. The second-order valence-corrected chi connectivity index (χ2v) is 4.73. The summed E-state index contributed by atoms with van der Waals surface area (Å²) in [7, 11) is 1.53. The van der Waals surface area contributed by atoms with Gasteiger partial charge in [-0.05, 0) is 55.5 Å². The van der Waals surface area contributed by atoms with Crippen LogP contribution in [0.1, 0.15) is 22.8 Å². The molecule has 0 aliphatic rings. The fourth-order valence-electron chi connectivity index (χ4n) is 1.91. The van der Waals surface area contributed by atoms with Crippen molar-refractivity contribution in [2.24, 2.45) is 0 Å². The quantitative estimate of drug-likeness (QED) is 0.864. The number of carbonyl (C=O) groups is 2. The van der Waals surface area contributed by atoms with Gasteiger partial charge in [-0.15, -0.1) is 0 Å². The number of amides is 1. The number of rotatable bonds is 5. The minimum absolute atomic E-state index is 0.203. The molecule has 0 saturated carbocycles. The summed E-state index contributed by atoms with van der Waals surface area (Å²) in [6.07, 6.45) is -0.622. The average molecular weight is 301 g/mol. The van der Waals surface area contributed by atoms with Gasteiger partial charge in [0, 0.05) is 18.2 Å². The number of halogens is 1. The predicted octanol–water partition coefficient (Wildman–Crippen LogP) is 2.57. The highest BCUT2D eigenvalue weighted by Gasteiger charge is 2.13. The number of ether oxygens (including phenoxy) is 1. The van der Waals surface area contributed by atoms with Crippen molar-refractivity contribution in [3.63, 3.8) is 0 Å². The highest BCUT2D eigenvalue weighted by molar-refractivity contribution is 6.09. The van der Waals surface area contributed by atoms with E-state index in [1.807, 2.05) is 0 Å². The summed E-state index contributed by atoms with van der Waals surface area (Å²) in [6.45, 7) is 1.64. The highest BCUT2D eigenvalue weighted by atomic mass is 19.1. The predicted molar refractivity (Wildman–Crippen MR) is 80.4 cm³/mol. The standard InChI is InChI=1S/C17H16FNO3/c1-11(17(21)19-2)22-15-9-5-13(6-10-15)16(20)12-3-7-14(18)8-4-12/h3-11H,1-2H3,(H,19,21)/t11-/m0/s1. The van der Waals surface area contributed by atoms with Crippen molar-refractivity contribution in [1.29, 1.82) is 0 Å². The molecule has 22 heavy (non-hydrogen) atoms. The number of hydrogen-bond acceptors (Lipinski definition) is 3. The lowest BCUT2D eigenvalue weighted by molar-refractivity contribution is -0.126. The normalized spacial score (nSPS) is 11.6. The van der Waals surface area contributed by atoms with Gasteiger partial charge in [-0.3, -0.25) is 9.59 Å². The van der Waals surface area contributed by atoms with E-state index in [1.54, 1.807) is 31.2 Å². The molecule has 0 aliphatic heterocycles. The average Bonchev–Trinajstić information content (AvgIpc) is 2.54. The Bertz CT molecular complexity index is 665.